The van der Waals surface area contributed by atoms with E-state index in [1.807, 2.05) is 6.07 Å². The van der Waals surface area contributed by atoms with E-state index in [1.54, 1.807) is 24.4 Å². The van der Waals surface area contributed by atoms with Gasteiger partial charge >= 0.3 is 5.97 Å². The number of phenolic OH excluding ortho intramolecular Hbond substituents is 1. The van der Waals surface area contributed by atoms with E-state index >= 15 is 0 Å². The number of benzene rings is 1. The summed E-state index contributed by atoms with van der Waals surface area (Å²) in [5.41, 5.74) is 1.30. The molecule has 1 heterocycles. The number of fused-ring (bicyclic) bond motifs is 1. The topological polar surface area (TPSA) is 59.4 Å². The lowest BCUT2D eigenvalue weighted by Gasteiger charge is -2.05. The highest BCUT2D eigenvalue weighted by Gasteiger charge is 2.09. The van der Waals surface area contributed by atoms with Crippen molar-refractivity contribution in [3.8, 4) is 5.75 Å². The third kappa shape index (κ3) is 1.82. The number of aromatic nitrogens is 1. The van der Waals surface area contributed by atoms with Crippen molar-refractivity contribution in [1.82, 2.24) is 4.98 Å². The van der Waals surface area contributed by atoms with Gasteiger partial charge in [0.05, 0.1) is 13.5 Å². The van der Waals surface area contributed by atoms with Crippen LogP contribution >= 0.6 is 0 Å². The number of aromatic hydroxyl groups is 1. The zero-order valence-corrected chi connectivity index (χ0v) is 8.80. The van der Waals surface area contributed by atoms with Crippen molar-refractivity contribution in [1.29, 1.82) is 0 Å². The molecule has 2 rings (SSSR count). The van der Waals surface area contributed by atoms with Crippen molar-refractivity contribution in [2.75, 3.05) is 7.11 Å². The molecule has 0 atom stereocenters. The van der Waals surface area contributed by atoms with Crippen LogP contribution in [0.5, 0.6) is 5.75 Å². The number of hydrogen-bond acceptors (Lipinski definition) is 4. The van der Waals surface area contributed by atoms with E-state index in [9.17, 15) is 9.90 Å². The molecule has 16 heavy (non-hydrogen) atoms. The Kier molecular flexibility index (Phi) is 2.72. The first-order valence-electron chi connectivity index (χ1n) is 4.85. The number of para-hydroxylation sites is 1. The number of ether oxygens (including phenoxy) is 1. The summed E-state index contributed by atoms with van der Waals surface area (Å²) >= 11 is 0. The number of carbonyl (C=O) groups excluding carboxylic acids is 1. The molecule has 4 nitrogen and oxygen atoms in total. The van der Waals surface area contributed by atoms with E-state index < -0.39 is 0 Å². The molecule has 0 saturated carbocycles. The van der Waals surface area contributed by atoms with Crippen molar-refractivity contribution in [2.45, 2.75) is 6.42 Å². The van der Waals surface area contributed by atoms with Gasteiger partial charge in [-0.2, -0.15) is 0 Å². The van der Waals surface area contributed by atoms with Crippen molar-refractivity contribution < 1.29 is 14.6 Å². The van der Waals surface area contributed by atoms with Crippen LogP contribution in [0.2, 0.25) is 0 Å². The van der Waals surface area contributed by atoms with Crippen molar-refractivity contribution in [3.63, 3.8) is 0 Å². The predicted octanol–water partition coefficient (Wildman–Crippen LogP) is 1.66. The molecule has 0 aliphatic heterocycles. The smallest absolute Gasteiger partial charge is 0.310 e. The fourth-order valence-corrected chi connectivity index (χ4v) is 1.60. The van der Waals surface area contributed by atoms with E-state index in [1.165, 1.54) is 7.11 Å². The fourth-order valence-electron chi connectivity index (χ4n) is 1.60. The van der Waals surface area contributed by atoms with Crippen LogP contribution < -0.4 is 0 Å². The SMILES string of the molecule is COC(=O)Cc1ccnc2c(O)cccc12. The van der Waals surface area contributed by atoms with E-state index in [0.29, 0.717) is 5.52 Å². The lowest BCUT2D eigenvalue weighted by atomic mass is 10.1. The lowest BCUT2D eigenvalue weighted by Crippen LogP contribution is -2.05. The summed E-state index contributed by atoms with van der Waals surface area (Å²) in [5.74, 6) is -0.194. The van der Waals surface area contributed by atoms with Crippen LogP contribution in [-0.2, 0) is 16.0 Å². The molecular weight excluding hydrogens is 206 g/mol. The highest BCUT2D eigenvalue weighted by molar-refractivity contribution is 5.89. The quantitative estimate of drug-likeness (QED) is 0.777. The minimum atomic E-state index is -0.309. The van der Waals surface area contributed by atoms with Gasteiger partial charge < -0.3 is 9.84 Å². The molecule has 1 N–H and O–H groups in total. The second-order valence-corrected chi connectivity index (χ2v) is 3.40. The van der Waals surface area contributed by atoms with Gasteiger partial charge in [-0.05, 0) is 17.7 Å². The van der Waals surface area contributed by atoms with Gasteiger partial charge in [0.2, 0.25) is 0 Å². The molecule has 0 amide bonds. The monoisotopic (exact) mass is 217 g/mol. The number of esters is 1. The molecular formula is C12H11NO3. The standard InChI is InChI=1S/C12H11NO3/c1-16-11(15)7-8-5-6-13-12-9(8)3-2-4-10(12)14/h2-6,14H,7H2,1H3. The van der Waals surface area contributed by atoms with Crippen LogP contribution in [0.25, 0.3) is 10.9 Å². The van der Waals surface area contributed by atoms with Gasteiger partial charge in [-0.1, -0.05) is 12.1 Å². The number of hydrogen-bond donors (Lipinski definition) is 1. The minimum absolute atomic E-state index is 0.115. The maximum absolute atomic E-state index is 11.2. The normalized spacial score (nSPS) is 10.3. The van der Waals surface area contributed by atoms with Crippen LogP contribution in [0.3, 0.4) is 0 Å². The molecule has 4 heteroatoms. The van der Waals surface area contributed by atoms with Gasteiger partial charge in [-0.3, -0.25) is 9.78 Å². The van der Waals surface area contributed by atoms with Gasteiger partial charge in [0.25, 0.3) is 0 Å². The number of methoxy groups -OCH3 is 1. The lowest BCUT2D eigenvalue weighted by molar-refractivity contribution is -0.139. The first-order valence-corrected chi connectivity index (χ1v) is 4.85. The Bertz CT molecular complexity index is 537. The third-order valence-corrected chi connectivity index (χ3v) is 2.40. The molecule has 82 valence electrons. The number of carbonyl (C=O) groups is 1. The molecule has 0 saturated heterocycles. The van der Waals surface area contributed by atoms with E-state index in [2.05, 4.69) is 9.72 Å². The number of rotatable bonds is 2. The van der Waals surface area contributed by atoms with Crippen molar-refractivity contribution >= 4 is 16.9 Å². The molecule has 0 aliphatic rings. The Morgan fingerprint density at radius 1 is 1.44 bits per heavy atom. The average Bonchev–Trinajstić information content (AvgIpc) is 2.30. The van der Waals surface area contributed by atoms with Crippen LogP contribution in [0.1, 0.15) is 5.56 Å². The molecule has 0 unspecified atom stereocenters. The van der Waals surface area contributed by atoms with Gasteiger partial charge in [0, 0.05) is 11.6 Å². The summed E-state index contributed by atoms with van der Waals surface area (Å²) in [6.45, 7) is 0. The Morgan fingerprint density at radius 2 is 2.25 bits per heavy atom. The zero-order valence-electron chi connectivity index (χ0n) is 8.80. The van der Waals surface area contributed by atoms with Crippen LogP contribution in [0.15, 0.2) is 30.5 Å². The summed E-state index contributed by atoms with van der Waals surface area (Å²) in [6.07, 6.45) is 1.75. The second kappa shape index (κ2) is 4.18. The molecule has 0 fully saturated rings. The molecule has 1 aromatic heterocycles. The number of nitrogens with zero attached hydrogens (tertiary/aromatic N) is 1. The Hall–Kier alpha value is -2.10. The van der Waals surface area contributed by atoms with Crippen molar-refractivity contribution in [3.05, 3.63) is 36.0 Å². The summed E-state index contributed by atoms with van der Waals surface area (Å²) in [7, 11) is 1.35. The maximum Gasteiger partial charge on any atom is 0.310 e. The highest BCUT2D eigenvalue weighted by Crippen LogP contribution is 2.24. The highest BCUT2D eigenvalue weighted by atomic mass is 16.5. The summed E-state index contributed by atoms with van der Waals surface area (Å²) < 4.78 is 4.61. The summed E-state index contributed by atoms with van der Waals surface area (Å²) in [4.78, 5) is 15.3. The third-order valence-electron chi connectivity index (χ3n) is 2.40. The second-order valence-electron chi connectivity index (χ2n) is 3.40. The largest absolute Gasteiger partial charge is 0.506 e. The fraction of sp³-hybridized carbons (Fsp3) is 0.167. The van der Waals surface area contributed by atoms with E-state index in [-0.39, 0.29) is 18.1 Å². The molecule has 0 bridgehead atoms. The molecule has 1 aromatic carbocycles. The number of phenols is 1. The van der Waals surface area contributed by atoms with Gasteiger partial charge in [0.15, 0.2) is 0 Å². The Morgan fingerprint density at radius 3 is 3.00 bits per heavy atom. The van der Waals surface area contributed by atoms with Gasteiger partial charge in [-0.25, -0.2) is 0 Å². The first kappa shape index (κ1) is 10.4. The average molecular weight is 217 g/mol. The minimum Gasteiger partial charge on any atom is -0.506 e. The van der Waals surface area contributed by atoms with E-state index in [4.69, 9.17) is 0 Å². The molecule has 0 radical (unpaired) electrons. The first-order chi connectivity index (χ1) is 7.72. The molecule has 2 aromatic rings. The molecule has 0 spiro atoms. The van der Waals surface area contributed by atoms with Crippen molar-refractivity contribution in [2.24, 2.45) is 0 Å². The maximum atomic E-state index is 11.2. The van der Waals surface area contributed by atoms with Crippen LogP contribution in [-0.4, -0.2) is 23.2 Å². The summed E-state index contributed by atoms with van der Waals surface area (Å²) in [5, 5.41) is 10.4. The summed E-state index contributed by atoms with van der Waals surface area (Å²) in [6, 6.07) is 6.86. The van der Waals surface area contributed by atoms with Gasteiger partial charge in [-0.15, -0.1) is 0 Å². The van der Waals surface area contributed by atoms with Gasteiger partial charge in [0.1, 0.15) is 11.3 Å². The van der Waals surface area contributed by atoms with E-state index in [0.717, 1.165) is 10.9 Å². The van der Waals surface area contributed by atoms with Crippen LogP contribution in [0, 0.1) is 0 Å². The Labute approximate surface area is 92.5 Å². The van der Waals surface area contributed by atoms with Crippen LogP contribution in [0.4, 0.5) is 0 Å². The zero-order chi connectivity index (χ0) is 11.5. The number of pyridine rings is 1. The predicted molar refractivity (Wildman–Crippen MR) is 59.1 cm³/mol. The molecule has 0 aliphatic carbocycles. The Balaban J connectivity index is 2.54.